The number of para-hydroxylation sites is 1. The normalized spacial score (nSPS) is 11.5. The molecule has 0 fully saturated rings. The van der Waals surface area contributed by atoms with Crippen LogP contribution in [-0.4, -0.2) is 29.6 Å². The average Bonchev–Trinajstić information content (AvgIpc) is 2.69. The molecule has 6 nitrogen and oxygen atoms in total. The van der Waals surface area contributed by atoms with Crippen molar-refractivity contribution < 1.29 is 18.0 Å². The molecule has 1 heterocycles. The van der Waals surface area contributed by atoms with Crippen molar-refractivity contribution >= 4 is 28.2 Å². The fourth-order valence-corrected chi connectivity index (χ4v) is 3.04. The molecule has 1 N–H and O–H groups in total. The number of hydrogen-bond acceptors (Lipinski definition) is 4. The number of fused-ring (bicyclic) bond motifs is 1. The quantitative estimate of drug-likeness (QED) is 0.659. The van der Waals surface area contributed by atoms with Crippen LogP contribution >= 0.6 is 0 Å². The fourth-order valence-electron chi connectivity index (χ4n) is 3.04. The minimum Gasteiger partial charge on any atom is -0.378 e. The molecule has 9 heteroatoms. The molecule has 0 aliphatic heterocycles. The maximum absolute atomic E-state index is 13.4. The molecular formula is C21H21F3N4O2. The lowest BCUT2D eigenvalue weighted by molar-refractivity contribution is -0.136. The lowest BCUT2D eigenvalue weighted by Gasteiger charge is -2.18. The van der Waals surface area contributed by atoms with Crippen molar-refractivity contribution in [2.24, 2.45) is 0 Å². The minimum absolute atomic E-state index is 0.0357. The van der Waals surface area contributed by atoms with Gasteiger partial charge in [-0.15, -0.1) is 0 Å². The van der Waals surface area contributed by atoms with Crippen LogP contribution in [-0.2, 0) is 17.5 Å². The first-order valence-corrected chi connectivity index (χ1v) is 9.29. The summed E-state index contributed by atoms with van der Waals surface area (Å²) in [7, 11) is 3.27. The predicted molar refractivity (Wildman–Crippen MR) is 110 cm³/mol. The van der Waals surface area contributed by atoms with E-state index in [0.717, 1.165) is 6.07 Å². The number of anilines is 2. The number of carbonyl (C=O) groups is 1. The summed E-state index contributed by atoms with van der Waals surface area (Å²) >= 11 is 0. The number of carbonyl (C=O) groups excluding carboxylic acids is 1. The second-order valence-electron chi connectivity index (χ2n) is 7.03. The molecule has 0 aliphatic carbocycles. The lowest BCUT2D eigenvalue weighted by Crippen LogP contribution is -2.22. The van der Waals surface area contributed by atoms with E-state index in [1.54, 1.807) is 43.3 Å². The molecular weight excluding hydrogens is 397 g/mol. The van der Waals surface area contributed by atoms with E-state index in [9.17, 15) is 22.8 Å². The van der Waals surface area contributed by atoms with E-state index in [-0.39, 0.29) is 30.6 Å². The Kier molecular flexibility index (Phi) is 6.09. The van der Waals surface area contributed by atoms with Crippen LogP contribution in [0.3, 0.4) is 0 Å². The Morgan fingerprint density at radius 1 is 1.17 bits per heavy atom. The Morgan fingerprint density at radius 2 is 1.90 bits per heavy atom. The lowest BCUT2D eigenvalue weighted by atomic mass is 10.1. The minimum atomic E-state index is -4.60. The number of alkyl halides is 3. The Hall–Kier alpha value is -3.36. The van der Waals surface area contributed by atoms with Crippen molar-refractivity contribution in [1.82, 2.24) is 9.55 Å². The van der Waals surface area contributed by atoms with Crippen LogP contribution in [0.4, 0.5) is 24.5 Å². The van der Waals surface area contributed by atoms with Gasteiger partial charge in [-0.25, -0.2) is 4.98 Å². The van der Waals surface area contributed by atoms with Gasteiger partial charge in [0.05, 0.1) is 28.5 Å². The van der Waals surface area contributed by atoms with Crippen molar-refractivity contribution in [2.75, 3.05) is 24.3 Å². The average molecular weight is 418 g/mol. The number of aromatic nitrogens is 2. The molecule has 0 saturated heterocycles. The van der Waals surface area contributed by atoms with Crippen LogP contribution in [0.15, 0.2) is 53.6 Å². The van der Waals surface area contributed by atoms with E-state index in [0.29, 0.717) is 16.6 Å². The van der Waals surface area contributed by atoms with Gasteiger partial charge in [0.2, 0.25) is 5.91 Å². The SMILES string of the molecule is CN(C)c1ccc(NC(=O)CCCn2cnc3ccccc3c2=O)c(C(F)(F)F)c1. The predicted octanol–water partition coefficient (Wildman–Crippen LogP) is 3.90. The molecule has 3 aromatic rings. The van der Waals surface area contributed by atoms with Gasteiger partial charge in [0.1, 0.15) is 0 Å². The highest BCUT2D eigenvalue weighted by Gasteiger charge is 2.34. The third-order valence-corrected chi connectivity index (χ3v) is 4.63. The molecule has 1 amide bonds. The van der Waals surface area contributed by atoms with Crippen LogP contribution < -0.4 is 15.8 Å². The Labute approximate surface area is 171 Å². The van der Waals surface area contributed by atoms with Crippen LogP contribution in [0.1, 0.15) is 18.4 Å². The van der Waals surface area contributed by atoms with Crippen LogP contribution in [0.2, 0.25) is 0 Å². The van der Waals surface area contributed by atoms with E-state index < -0.39 is 17.6 Å². The molecule has 0 spiro atoms. The number of halogens is 3. The topological polar surface area (TPSA) is 67.2 Å². The van der Waals surface area contributed by atoms with Gasteiger partial charge in [0, 0.05) is 32.7 Å². The number of benzene rings is 2. The summed E-state index contributed by atoms with van der Waals surface area (Å²) in [4.78, 5) is 30.4. The van der Waals surface area contributed by atoms with E-state index in [4.69, 9.17) is 0 Å². The van der Waals surface area contributed by atoms with Crippen molar-refractivity contribution in [3.8, 4) is 0 Å². The Morgan fingerprint density at radius 3 is 2.60 bits per heavy atom. The van der Waals surface area contributed by atoms with Gasteiger partial charge in [-0.2, -0.15) is 13.2 Å². The van der Waals surface area contributed by atoms with Gasteiger partial charge < -0.3 is 10.2 Å². The number of nitrogens with one attached hydrogen (secondary N) is 1. The molecule has 0 atom stereocenters. The zero-order valence-electron chi connectivity index (χ0n) is 16.5. The monoisotopic (exact) mass is 418 g/mol. The Balaban J connectivity index is 1.67. The first-order chi connectivity index (χ1) is 14.2. The highest BCUT2D eigenvalue weighted by atomic mass is 19.4. The molecule has 2 aromatic carbocycles. The summed E-state index contributed by atoms with van der Waals surface area (Å²) < 4.78 is 41.5. The second kappa shape index (κ2) is 8.56. The third kappa shape index (κ3) is 4.79. The zero-order chi connectivity index (χ0) is 21.9. The summed E-state index contributed by atoms with van der Waals surface area (Å²) in [5.74, 6) is -0.556. The van der Waals surface area contributed by atoms with E-state index in [2.05, 4.69) is 10.3 Å². The van der Waals surface area contributed by atoms with Crippen LogP contribution in [0.5, 0.6) is 0 Å². The van der Waals surface area contributed by atoms with Gasteiger partial charge in [0.25, 0.3) is 5.56 Å². The maximum Gasteiger partial charge on any atom is 0.418 e. The molecule has 0 radical (unpaired) electrons. The molecule has 0 saturated carbocycles. The van der Waals surface area contributed by atoms with Crippen molar-refractivity contribution in [3.05, 3.63) is 64.7 Å². The maximum atomic E-state index is 13.4. The Bertz CT molecular complexity index is 1120. The number of rotatable bonds is 6. The summed E-state index contributed by atoms with van der Waals surface area (Å²) in [5.41, 5.74) is -0.458. The largest absolute Gasteiger partial charge is 0.418 e. The van der Waals surface area contributed by atoms with Crippen molar-refractivity contribution in [3.63, 3.8) is 0 Å². The second-order valence-corrected chi connectivity index (χ2v) is 7.03. The van der Waals surface area contributed by atoms with Gasteiger partial charge in [0.15, 0.2) is 0 Å². The van der Waals surface area contributed by atoms with Gasteiger partial charge in [-0.3, -0.25) is 14.2 Å². The van der Waals surface area contributed by atoms with Gasteiger partial charge in [-0.1, -0.05) is 12.1 Å². The number of nitrogens with zero attached hydrogens (tertiary/aromatic N) is 3. The highest BCUT2D eigenvalue weighted by Crippen LogP contribution is 2.37. The van der Waals surface area contributed by atoms with E-state index in [1.165, 1.54) is 23.0 Å². The van der Waals surface area contributed by atoms with Gasteiger partial charge >= 0.3 is 6.18 Å². The standard InChI is InChI=1S/C21H21F3N4O2/c1-27(2)14-9-10-18(16(12-14)21(22,23)24)26-19(29)8-5-11-28-13-25-17-7-4-3-6-15(17)20(28)30/h3-4,6-7,9-10,12-13H,5,8,11H2,1-2H3,(H,26,29). The molecule has 30 heavy (non-hydrogen) atoms. The molecule has 0 unspecified atom stereocenters. The molecule has 0 aliphatic rings. The molecule has 158 valence electrons. The summed E-state index contributed by atoms with van der Waals surface area (Å²) in [6.07, 6.45) is -2.95. The summed E-state index contributed by atoms with van der Waals surface area (Å²) in [5, 5.41) is 2.81. The number of aryl methyl sites for hydroxylation is 1. The number of amides is 1. The first-order valence-electron chi connectivity index (χ1n) is 9.29. The van der Waals surface area contributed by atoms with Crippen molar-refractivity contribution in [1.29, 1.82) is 0 Å². The van der Waals surface area contributed by atoms with Gasteiger partial charge in [-0.05, 0) is 36.8 Å². The summed E-state index contributed by atoms with van der Waals surface area (Å²) in [6.45, 7) is 0.232. The third-order valence-electron chi connectivity index (χ3n) is 4.63. The zero-order valence-corrected chi connectivity index (χ0v) is 16.5. The van der Waals surface area contributed by atoms with Crippen molar-refractivity contribution in [2.45, 2.75) is 25.6 Å². The summed E-state index contributed by atoms with van der Waals surface area (Å²) in [6, 6.07) is 10.7. The van der Waals surface area contributed by atoms with Crippen LogP contribution in [0.25, 0.3) is 10.9 Å². The molecule has 3 rings (SSSR count). The molecule has 0 bridgehead atoms. The highest BCUT2D eigenvalue weighted by molar-refractivity contribution is 5.92. The molecule has 1 aromatic heterocycles. The van der Waals surface area contributed by atoms with E-state index >= 15 is 0 Å². The smallest absolute Gasteiger partial charge is 0.378 e. The van der Waals surface area contributed by atoms with E-state index in [1.807, 2.05) is 0 Å². The fraction of sp³-hybridized carbons (Fsp3) is 0.286. The first kappa shape index (κ1) is 21.4. The number of hydrogen-bond donors (Lipinski definition) is 1. The van der Waals surface area contributed by atoms with Crippen LogP contribution in [0, 0.1) is 0 Å².